The maximum Gasteiger partial charge on any atom is 0.0737 e. The number of fused-ring (bicyclic) bond motifs is 2. The molecule has 2 aromatic rings. The van der Waals surface area contributed by atoms with E-state index >= 15 is 0 Å². The first kappa shape index (κ1) is 14.2. The fourth-order valence-corrected chi connectivity index (χ4v) is 2.57. The van der Waals surface area contributed by atoms with Crippen LogP contribution in [0.4, 0.5) is 22.7 Å². The smallest absolute Gasteiger partial charge is 0.0737 e. The van der Waals surface area contributed by atoms with E-state index in [0.29, 0.717) is 5.69 Å². The number of carbonyl (C=O) groups excluding carboxylic acids is 1. The van der Waals surface area contributed by atoms with Crippen LogP contribution in [-0.2, 0) is 6.42 Å². The molecule has 1 aliphatic rings. The van der Waals surface area contributed by atoms with Gasteiger partial charge in [0.1, 0.15) is 0 Å². The molecule has 2 N–H and O–H groups in total. The highest BCUT2D eigenvalue weighted by Crippen LogP contribution is 2.42. The molecule has 0 fully saturated rings. The molecule has 3 rings (SSSR count). The number of nitrogens with one attached hydrogen (secondary N) is 2. The van der Waals surface area contributed by atoms with Gasteiger partial charge in [-0.2, -0.15) is 0 Å². The lowest BCUT2D eigenvalue weighted by molar-refractivity contribution is -0.254. The van der Waals surface area contributed by atoms with Crippen LogP contribution in [0.3, 0.4) is 0 Å². The van der Waals surface area contributed by atoms with Crippen LogP contribution < -0.4 is 15.7 Å². The Morgan fingerprint density at radius 2 is 1.73 bits per heavy atom. The van der Waals surface area contributed by atoms with Crippen molar-refractivity contribution in [3.05, 3.63) is 59.2 Å². The van der Waals surface area contributed by atoms with Crippen molar-refractivity contribution in [3.63, 3.8) is 0 Å². The van der Waals surface area contributed by atoms with Crippen LogP contribution in [-0.4, -0.2) is 5.97 Å². The number of carbonyl (C=O) groups is 1. The number of anilines is 4. The minimum absolute atomic E-state index is 0.160. The average Bonchev–Trinajstić information content (AvgIpc) is 2.50. The molecule has 0 amide bonds. The third-order valence-corrected chi connectivity index (χ3v) is 3.68. The lowest BCUT2D eigenvalue weighted by Crippen LogP contribution is -2.24. The van der Waals surface area contributed by atoms with E-state index in [1.807, 2.05) is 24.3 Å². The number of aromatic carboxylic acids is 1. The van der Waals surface area contributed by atoms with Crippen molar-refractivity contribution in [2.75, 3.05) is 10.6 Å². The molecule has 112 valence electrons. The van der Waals surface area contributed by atoms with E-state index < -0.39 is 5.97 Å². The quantitative estimate of drug-likeness (QED) is 0.727. The maximum atomic E-state index is 11.3. The Hall–Kier alpha value is -2.75. The zero-order valence-corrected chi connectivity index (χ0v) is 12.6. The molecule has 0 spiro atoms. The van der Waals surface area contributed by atoms with E-state index in [4.69, 9.17) is 0 Å². The number of carboxylic acids is 1. The fourth-order valence-electron chi connectivity index (χ4n) is 2.57. The Bertz CT molecular complexity index is 775. The lowest BCUT2D eigenvalue weighted by Gasteiger charge is -2.27. The summed E-state index contributed by atoms with van der Waals surface area (Å²) in [6, 6.07) is 11.1. The molecule has 0 radical (unpaired) electrons. The van der Waals surface area contributed by atoms with E-state index in [0.717, 1.165) is 29.0 Å². The number of benzene rings is 2. The second-order valence-electron chi connectivity index (χ2n) is 5.59. The van der Waals surface area contributed by atoms with Gasteiger partial charge in [0, 0.05) is 5.56 Å². The van der Waals surface area contributed by atoms with Gasteiger partial charge in [-0.1, -0.05) is 35.9 Å². The van der Waals surface area contributed by atoms with E-state index in [9.17, 15) is 9.90 Å². The molecular weight excluding hydrogens is 276 g/mol. The van der Waals surface area contributed by atoms with E-state index in [2.05, 4.69) is 30.6 Å². The SMILES string of the molecule is CC(C)=CCc1cccc2c1Nc1c(cccc1C(=O)[O-])N2. The number of hydrogen-bond donors (Lipinski definition) is 2. The van der Waals surface area contributed by atoms with Crippen molar-refractivity contribution in [2.24, 2.45) is 0 Å². The van der Waals surface area contributed by atoms with Crippen molar-refractivity contribution in [3.8, 4) is 0 Å². The highest BCUT2D eigenvalue weighted by atomic mass is 16.4. The maximum absolute atomic E-state index is 11.3. The van der Waals surface area contributed by atoms with Crippen molar-refractivity contribution < 1.29 is 9.90 Å². The Kier molecular flexibility index (Phi) is 3.59. The first-order valence-corrected chi connectivity index (χ1v) is 7.20. The Balaban J connectivity index is 2.05. The van der Waals surface area contributed by atoms with Crippen LogP contribution in [0.2, 0.25) is 0 Å². The van der Waals surface area contributed by atoms with Crippen LogP contribution in [0.25, 0.3) is 0 Å². The summed E-state index contributed by atoms with van der Waals surface area (Å²) in [7, 11) is 0. The van der Waals surface area contributed by atoms with Crippen molar-refractivity contribution in [2.45, 2.75) is 20.3 Å². The van der Waals surface area contributed by atoms with Gasteiger partial charge in [0.05, 0.1) is 28.7 Å². The molecule has 22 heavy (non-hydrogen) atoms. The Morgan fingerprint density at radius 3 is 2.41 bits per heavy atom. The normalized spacial score (nSPS) is 11.5. The van der Waals surface area contributed by atoms with Gasteiger partial charge in [0.25, 0.3) is 0 Å². The van der Waals surface area contributed by atoms with E-state index in [1.54, 1.807) is 12.1 Å². The molecule has 0 bridgehead atoms. The average molecular weight is 293 g/mol. The third-order valence-electron chi connectivity index (χ3n) is 3.68. The Morgan fingerprint density at radius 1 is 1.05 bits per heavy atom. The summed E-state index contributed by atoms with van der Waals surface area (Å²) in [6.07, 6.45) is 2.94. The molecule has 0 unspecified atom stereocenters. The highest BCUT2D eigenvalue weighted by Gasteiger charge is 2.19. The molecule has 4 heteroatoms. The van der Waals surface area contributed by atoms with Crippen molar-refractivity contribution in [1.82, 2.24) is 0 Å². The minimum Gasteiger partial charge on any atom is -0.545 e. The molecule has 1 heterocycles. The minimum atomic E-state index is -1.18. The molecule has 4 nitrogen and oxygen atoms in total. The predicted octanol–water partition coefficient (Wildman–Crippen LogP) is 3.36. The van der Waals surface area contributed by atoms with Gasteiger partial charge >= 0.3 is 0 Å². The molecule has 0 saturated carbocycles. The molecule has 0 atom stereocenters. The zero-order valence-electron chi connectivity index (χ0n) is 12.6. The summed E-state index contributed by atoms with van der Waals surface area (Å²) in [5, 5.41) is 17.9. The highest BCUT2D eigenvalue weighted by molar-refractivity contribution is 6.02. The summed E-state index contributed by atoms with van der Waals surface area (Å²) >= 11 is 0. The fraction of sp³-hybridized carbons (Fsp3) is 0.167. The summed E-state index contributed by atoms with van der Waals surface area (Å²) in [5.41, 5.74) is 5.69. The number of allylic oxidation sites excluding steroid dienone is 2. The number of hydrogen-bond acceptors (Lipinski definition) is 4. The number of carboxylic acid groups (broad SMARTS) is 1. The summed E-state index contributed by atoms with van der Waals surface area (Å²) < 4.78 is 0. The predicted molar refractivity (Wildman–Crippen MR) is 86.9 cm³/mol. The van der Waals surface area contributed by atoms with Gasteiger partial charge in [0.2, 0.25) is 0 Å². The van der Waals surface area contributed by atoms with Crippen LogP contribution in [0.15, 0.2) is 48.0 Å². The van der Waals surface area contributed by atoms with Crippen molar-refractivity contribution in [1.29, 1.82) is 0 Å². The van der Waals surface area contributed by atoms with Gasteiger partial charge in [-0.05, 0) is 38.0 Å². The van der Waals surface area contributed by atoms with Gasteiger partial charge in [-0.3, -0.25) is 0 Å². The molecular formula is C18H17N2O2-. The van der Waals surface area contributed by atoms with Crippen LogP contribution in [0, 0.1) is 0 Å². The van der Waals surface area contributed by atoms with Gasteiger partial charge in [-0.15, -0.1) is 0 Å². The molecule has 2 aromatic carbocycles. The second kappa shape index (κ2) is 5.56. The van der Waals surface area contributed by atoms with Crippen LogP contribution >= 0.6 is 0 Å². The Labute approximate surface area is 129 Å². The topological polar surface area (TPSA) is 64.2 Å². The van der Waals surface area contributed by atoms with E-state index in [1.165, 1.54) is 5.57 Å². The first-order valence-electron chi connectivity index (χ1n) is 7.20. The third kappa shape index (κ3) is 2.55. The molecule has 0 saturated heterocycles. The second-order valence-corrected chi connectivity index (χ2v) is 5.59. The molecule has 1 aliphatic heterocycles. The zero-order chi connectivity index (χ0) is 15.7. The summed E-state index contributed by atoms with van der Waals surface area (Å²) in [5.74, 6) is -1.18. The van der Waals surface area contributed by atoms with Gasteiger partial charge < -0.3 is 20.5 Å². The van der Waals surface area contributed by atoms with E-state index in [-0.39, 0.29) is 5.56 Å². The number of rotatable bonds is 3. The number of para-hydroxylation sites is 2. The van der Waals surface area contributed by atoms with Gasteiger partial charge in [0.15, 0.2) is 0 Å². The molecule has 0 aliphatic carbocycles. The summed E-state index contributed by atoms with van der Waals surface area (Å²) in [4.78, 5) is 11.3. The largest absolute Gasteiger partial charge is 0.545 e. The summed E-state index contributed by atoms with van der Waals surface area (Å²) in [6.45, 7) is 4.12. The monoisotopic (exact) mass is 293 g/mol. The van der Waals surface area contributed by atoms with Crippen LogP contribution in [0.5, 0.6) is 0 Å². The van der Waals surface area contributed by atoms with Crippen molar-refractivity contribution >= 4 is 28.7 Å². The lowest BCUT2D eigenvalue weighted by atomic mass is 10.0. The van der Waals surface area contributed by atoms with Gasteiger partial charge in [-0.25, -0.2) is 0 Å². The van der Waals surface area contributed by atoms with Crippen LogP contribution in [0.1, 0.15) is 29.8 Å². The first-order chi connectivity index (χ1) is 10.6. The molecule has 0 aromatic heterocycles. The standard InChI is InChI=1S/C18H18N2O2/c1-11(2)9-10-12-5-3-7-14-16(12)20-17-13(18(21)22)6-4-8-15(17)19-14/h3-9,19-20H,10H2,1-2H3,(H,21,22)/p-1.